The first-order valence-electron chi connectivity index (χ1n) is 7.84. The van der Waals surface area contributed by atoms with Gasteiger partial charge in [-0.1, -0.05) is 13.8 Å². The third-order valence-electron chi connectivity index (χ3n) is 4.84. The fraction of sp³-hybridized carbons (Fsp3) is 0.706. The molecular formula is C17H26N2O. The minimum atomic E-state index is 0.115. The van der Waals surface area contributed by atoms with E-state index in [-0.39, 0.29) is 5.41 Å². The van der Waals surface area contributed by atoms with Crippen molar-refractivity contribution in [3.05, 3.63) is 23.5 Å². The lowest BCUT2D eigenvalue weighted by Crippen LogP contribution is -2.35. The summed E-state index contributed by atoms with van der Waals surface area (Å²) in [4.78, 5) is 14.7. The number of nitrogens with zero attached hydrogens (tertiary/aromatic N) is 2. The molecule has 0 radical (unpaired) electrons. The van der Waals surface area contributed by atoms with E-state index < -0.39 is 0 Å². The largest absolute Gasteiger partial charge is 0.350 e. The van der Waals surface area contributed by atoms with Gasteiger partial charge in [0.2, 0.25) is 0 Å². The SMILES string of the molecule is CN1CCCC(Cn2ccc3c2CC(C)(C)CC3=O)C1. The van der Waals surface area contributed by atoms with Crippen molar-refractivity contribution in [1.82, 2.24) is 9.47 Å². The summed E-state index contributed by atoms with van der Waals surface area (Å²) in [6.45, 7) is 7.90. The fourth-order valence-electron chi connectivity index (χ4n) is 3.87. The van der Waals surface area contributed by atoms with E-state index in [0.717, 1.165) is 24.4 Å². The molecule has 0 spiro atoms. The Kier molecular flexibility index (Phi) is 3.49. The van der Waals surface area contributed by atoms with Gasteiger partial charge in [-0.25, -0.2) is 0 Å². The molecule has 1 aromatic rings. The van der Waals surface area contributed by atoms with Crippen LogP contribution in [0.25, 0.3) is 0 Å². The highest BCUT2D eigenvalue weighted by molar-refractivity contribution is 5.98. The molecule has 1 saturated heterocycles. The second kappa shape index (κ2) is 5.03. The summed E-state index contributed by atoms with van der Waals surface area (Å²) >= 11 is 0. The molecule has 1 aliphatic heterocycles. The molecular weight excluding hydrogens is 248 g/mol. The lowest BCUT2D eigenvalue weighted by atomic mass is 9.76. The van der Waals surface area contributed by atoms with Crippen molar-refractivity contribution >= 4 is 5.78 Å². The summed E-state index contributed by atoms with van der Waals surface area (Å²) in [7, 11) is 2.21. The van der Waals surface area contributed by atoms with E-state index >= 15 is 0 Å². The molecule has 0 amide bonds. The minimum Gasteiger partial charge on any atom is -0.350 e. The molecule has 0 N–H and O–H groups in total. The number of carbonyl (C=O) groups excluding carboxylic acids is 1. The van der Waals surface area contributed by atoms with Crippen LogP contribution >= 0.6 is 0 Å². The monoisotopic (exact) mass is 274 g/mol. The number of piperidine rings is 1. The average molecular weight is 274 g/mol. The number of hydrogen-bond acceptors (Lipinski definition) is 2. The van der Waals surface area contributed by atoms with Gasteiger partial charge in [0.05, 0.1) is 0 Å². The quantitative estimate of drug-likeness (QED) is 0.828. The average Bonchev–Trinajstić information content (AvgIpc) is 2.71. The zero-order chi connectivity index (χ0) is 14.3. The number of fused-ring (bicyclic) bond motifs is 1. The normalized spacial score (nSPS) is 26.6. The van der Waals surface area contributed by atoms with Crippen molar-refractivity contribution in [2.75, 3.05) is 20.1 Å². The second-order valence-electron chi connectivity index (χ2n) is 7.54. The van der Waals surface area contributed by atoms with E-state index in [1.165, 1.54) is 31.6 Å². The summed E-state index contributed by atoms with van der Waals surface area (Å²) in [6.07, 6.45) is 6.47. The Balaban J connectivity index is 1.80. The van der Waals surface area contributed by atoms with E-state index in [0.29, 0.717) is 12.2 Å². The molecule has 3 nitrogen and oxygen atoms in total. The molecule has 1 atom stereocenters. The first-order chi connectivity index (χ1) is 9.44. The van der Waals surface area contributed by atoms with Crippen LogP contribution in [0.2, 0.25) is 0 Å². The van der Waals surface area contributed by atoms with E-state index in [2.05, 4.69) is 36.6 Å². The number of carbonyl (C=O) groups is 1. The first kappa shape index (κ1) is 13.9. The predicted octanol–water partition coefficient (Wildman–Crippen LogP) is 2.99. The molecule has 0 aromatic carbocycles. The van der Waals surface area contributed by atoms with E-state index in [4.69, 9.17) is 0 Å². The third-order valence-corrected chi connectivity index (χ3v) is 4.84. The molecule has 0 bridgehead atoms. The zero-order valence-electron chi connectivity index (χ0n) is 13.0. The van der Waals surface area contributed by atoms with Gasteiger partial charge < -0.3 is 9.47 Å². The Morgan fingerprint density at radius 3 is 2.90 bits per heavy atom. The standard InChI is InChI=1S/C17H26N2O/c1-17(2)9-15-14(16(20)10-17)6-8-19(15)12-13-5-4-7-18(3)11-13/h6,8,13H,4-5,7,9-12H2,1-3H3. The van der Waals surface area contributed by atoms with Crippen molar-refractivity contribution in [2.45, 2.75) is 46.1 Å². The van der Waals surface area contributed by atoms with Crippen molar-refractivity contribution in [2.24, 2.45) is 11.3 Å². The number of likely N-dealkylation sites (tertiary alicyclic amines) is 1. The van der Waals surface area contributed by atoms with Gasteiger partial charge in [-0.2, -0.15) is 0 Å². The minimum absolute atomic E-state index is 0.115. The Bertz CT molecular complexity index is 515. The van der Waals surface area contributed by atoms with Gasteiger partial charge >= 0.3 is 0 Å². The Morgan fingerprint density at radius 2 is 2.15 bits per heavy atom. The molecule has 1 fully saturated rings. The maximum Gasteiger partial charge on any atom is 0.165 e. The summed E-state index contributed by atoms with van der Waals surface area (Å²) in [6, 6.07) is 2.04. The Labute approximate surface area is 122 Å². The van der Waals surface area contributed by atoms with Gasteiger partial charge in [-0.15, -0.1) is 0 Å². The van der Waals surface area contributed by atoms with E-state index in [9.17, 15) is 4.79 Å². The fourth-order valence-corrected chi connectivity index (χ4v) is 3.87. The molecule has 110 valence electrons. The summed E-state index contributed by atoms with van der Waals surface area (Å²) in [5.41, 5.74) is 2.37. The highest BCUT2D eigenvalue weighted by atomic mass is 16.1. The number of ketones is 1. The van der Waals surface area contributed by atoms with Crippen LogP contribution in [0.1, 0.15) is 49.2 Å². The van der Waals surface area contributed by atoms with Gasteiger partial charge in [-0.05, 0) is 50.3 Å². The van der Waals surface area contributed by atoms with Crippen LogP contribution in [0.4, 0.5) is 0 Å². The molecule has 2 heterocycles. The van der Waals surface area contributed by atoms with Crippen LogP contribution in [-0.4, -0.2) is 35.4 Å². The third kappa shape index (κ3) is 2.69. The number of Topliss-reactive ketones (excluding diaryl/α,β-unsaturated/α-hetero) is 1. The highest BCUT2D eigenvalue weighted by Gasteiger charge is 2.33. The molecule has 1 aromatic heterocycles. The van der Waals surface area contributed by atoms with E-state index in [1.54, 1.807) is 0 Å². The van der Waals surface area contributed by atoms with E-state index in [1.807, 2.05) is 6.07 Å². The van der Waals surface area contributed by atoms with Crippen molar-refractivity contribution < 1.29 is 4.79 Å². The van der Waals surface area contributed by atoms with Crippen LogP contribution in [0.15, 0.2) is 12.3 Å². The smallest absolute Gasteiger partial charge is 0.165 e. The molecule has 0 saturated carbocycles. The van der Waals surface area contributed by atoms with Gasteiger partial charge in [0.25, 0.3) is 0 Å². The maximum absolute atomic E-state index is 12.2. The topological polar surface area (TPSA) is 25.2 Å². The van der Waals surface area contributed by atoms with Gasteiger partial charge in [0.15, 0.2) is 5.78 Å². The predicted molar refractivity (Wildman–Crippen MR) is 81.1 cm³/mol. The van der Waals surface area contributed by atoms with Gasteiger partial charge in [0, 0.05) is 37.0 Å². The van der Waals surface area contributed by atoms with Gasteiger partial charge in [0.1, 0.15) is 0 Å². The Hall–Kier alpha value is -1.09. The molecule has 1 unspecified atom stereocenters. The summed E-state index contributed by atoms with van der Waals surface area (Å²) in [5.74, 6) is 1.06. The lowest BCUT2D eigenvalue weighted by molar-refractivity contribution is 0.0909. The van der Waals surface area contributed by atoms with Crippen molar-refractivity contribution in [3.8, 4) is 0 Å². The molecule has 3 rings (SSSR count). The first-order valence-corrected chi connectivity index (χ1v) is 7.84. The summed E-state index contributed by atoms with van der Waals surface area (Å²) < 4.78 is 2.36. The van der Waals surface area contributed by atoms with Crippen molar-refractivity contribution in [1.29, 1.82) is 0 Å². The van der Waals surface area contributed by atoms with Crippen LogP contribution in [-0.2, 0) is 13.0 Å². The van der Waals surface area contributed by atoms with Crippen LogP contribution < -0.4 is 0 Å². The molecule has 2 aliphatic rings. The highest BCUT2D eigenvalue weighted by Crippen LogP contribution is 2.35. The van der Waals surface area contributed by atoms with Crippen LogP contribution in [0.3, 0.4) is 0 Å². The number of hydrogen-bond donors (Lipinski definition) is 0. The zero-order valence-corrected chi connectivity index (χ0v) is 13.0. The van der Waals surface area contributed by atoms with Gasteiger partial charge in [-0.3, -0.25) is 4.79 Å². The molecule has 20 heavy (non-hydrogen) atoms. The summed E-state index contributed by atoms with van der Waals surface area (Å²) in [5, 5.41) is 0. The Morgan fingerprint density at radius 1 is 1.35 bits per heavy atom. The molecule has 1 aliphatic carbocycles. The molecule has 3 heteroatoms. The van der Waals surface area contributed by atoms with Crippen LogP contribution in [0.5, 0.6) is 0 Å². The maximum atomic E-state index is 12.2. The number of aromatic nitrogens is 1. The lowest BCUT2D eigenvalue weighted by Gasteiger charge is -2.33. The van der Waals surface area contributed by atoms with Crippen molar-refractivity contribution in [3.63, 3.8) is 0 Å². The van der Waals surface area contributed by atoms with Crippen LogP contribution in [0, 0.1) is 11.3 Å². The number of rotatable bonds is 2. The second-order valence-corrected chi connectivity index (χ2v) is 7.54.